The minimum absolute atomic E-state index is 0.126. The largest absolute Gasteiger partial charge is 0.507 e. The van der Waals surface area contributed by atoms with Crippen molar-refractivity contribution in [2.75, 3.05) is 46.0 Å². The molecule has 1 unspecified atom stereocenters. The highest BCUT2D eigenvalue weighted by atomic mass is 16.5. The second-order valence-electron chi connectivity index (χ2n) is 9.44. The van der Waals surface area contributed by atoms with Crippen molar-refractivity contribution in [2.24, 2.45) is 0 Å². The molecule has 0 radical (unpaired) electrons. The molecule has 1 N–H and O–H groups in total. The highest BCUT2D eigenvalue weighted by Gasteiger charge is 2.46. The van der Waals surface area contributed by atoms with E-state index >= 15 is 0 Å². The van der Waals surface area contributed by atoms with Crippen molar-refractivity contribution < 1.29 is 24.2 Å². The molecule has 0 aliphatic carbocycles. The molecule has 0 aromatic heterocycles. The summed E-state index contributed by atoms with van der Waals surface area (Å²) in [5.74, 6) is -0.684. The SMILES string of the molecule is CCCCOc1cccc(C2C(=C(O)c3ccc(C)cc3)C(=O)C(=O)N2CCCN2CCOCC2)c1. The molecule has 0 spiro atoms. The Bertz CT molecular complexity index is 1090. The lowest BCUT2D eigenvalue weighted by Gasteiger charge is -2.29. The maximum atomic E-state index is 13.3. The van der Waals surface area contributed by atoms with Gasteiger partial charge in [-0.1, -0.05) is 55.3 Å². The van der Waals surface area contributed by atoms with Crippen molar-refractivity contribution in [3.05, 3.63) is 70.8 Å². The Morgan fingerprint density at radius 3 is 2.53 bits per heavy atom. The number of benzene rings is 2. The van der Waals surface area contributed by atoms with Crippen LogP contribution in [0.2, 0.25) is 0 Å². The van der Waals surface area contributed by atoms with Crippen LogP contribution in [-0.4, -0.2) is 72.6 Å². The summed E-state index contributed by atoms with van der Waals surface area (Å²) in [4.78, 5) is 30.4. The quantitative estimate of drug-likeness (QED) is 0.230. The summed E-state index contributed by atoms with van der Waals surface area (Å²) in [6.45, 7) is 9.06. The summed E-state index contributed by atoms with van der Waals surface area (Å²) < 4.78 is 11.3. The average Bonchev–Trinajstić information content (AvgIpc) is 3.15. The van der Waals surface area contributed by atoms with Crippen LogP contribution >= 0.6 is 0 Å². The minimum Gasteiger partial charge on any atom is -0.507 e. The Kier molecular flexibility index (Phi) is 8.78. The van der Waals surface area contributed by atoms with E-state index in [1.165, 1.54) is 0 Å². The fraction of sp³-hybridized carbons (Fsp3) is 0.448. The van der Waals surface area contributed by atoms with Gasteiger partial charge in [0.25, 0.3) is 11.7 Å². The summed E-state index contributed by atoms with van der Waals surface area (Å²) in [7, 11) is 0. The number of Topliss-reactive ketones (excluding diaryl/α,β-unsaturated/α-hetero) is 1. The number of hydrogen-bond donors (Lipinski definition) is 1. The zero-order valence-corrected chi connectivity index (χ0v) is 21.2. The molecule has 0 saturated carbocycles. The molecule has 2 aliphatic heterocycles. The number of nitrogens with zero attached hydrogens (tertiary/aromatic N) is 2. The predicted octanol–water partition coefficient (Wildman–Crippen LogP) is 4.32. The Morgan fingerprint density at radius 2 is 1.81 bits per heavy atom. The molecular weight excluding hydrogens is 456 g/mol. The molecule has 1 amide bonds. The van der Waals surface area contributed by atoms with Gasteiger partial charge in [0.2, 0.25) is 0 Å². The van der Waals surface area contributed by atoms with Gasteiger partial charge in [0.15, 0.2) is 0 Å². The molecule has 2 fully saturated rings. The first-order valence-corrected chi connectivity index (χ1v) is 12.9. The fourth-order valence-corrected chi connectivity index (χ4v) is 4.72. The Hall–Kier alpha value is -3.16. The van der Waals surface area contributed by atoms with E-state index in [0.717, 1.165) is 50.0 Å². The summed E-state index contributed by atoms with van der Waals surface area (Å²) in [6, 6.07) is 14.2. The molecule has 36 heavy (non-hydrogen) atoms. The van der Waals surface area contributed by atoms with E-state index in [-0.39, 0.29) is 11.3 Å². The Morgan fingerprint density at radius 1 is 1.06 bits per heavy atom. The predicted molar refractivity (Wildman–Crippen MR) is 139 cm³/mol. The lowest BCUT2D eigenvalue weighted by molar-refractivity contribution is -0.140. The van der Waals surface area contributed by atoms with Crippen LogP contribution in [0.1, 0.15) is 48.9 Å². The van der Waals surface area contributed by atoms with Crippen LogP contribution in [0.3, 0.4) is 0 Å². The highest BCUT2D eigenvalue weighted by Crippen LogP contribution is 2.40. The molecule has 192 valence electrons. The number of ketones is 1. The number of amides is 1. The molecule has 0 bridgehead atoms. The van der Waals surface area contributed by atoms with Crippen molar-refractivity contribution in [1.29, 1.82) is 0 Å². The molecule has 2 aromatic carbocycles. The number of likely N-dealkylation sites (tertiary alicyclic amines) is 1. The first kappa shape index (κ1) is 25.9. The van der Waals surface area contributed by atoms with Gasteiger partial charge in [-0.25, -0.2) is 0 Å². The zero-order chi connectivity index (χ0) is 25.5. The van der Waals surface area contributed by atoms with Crippen molar-refractivity contribution in [2.45, 2.75) is 39.2 Å². The van der Waals surface area contributed by atoms with Gasteiger partial charge in [0, 0.05) is 31.7 Å². The second kappa shape index (κ2) is 12.2. The van der Waals surface area contributed by atoms with Crippen LogP contribution in [0.4, 0.5) is 0 Å². The number of aryl methyl sites for hydroxylation is 1. The van der Waals surface area contributed by atoms with Gasteiger partial charge in [-0.3, -0.25) is 14.5 Å². The van der Waals surface area contributed by atoms with Gasteiger partial charge in [-0.05, 0) is 37.5 Å². The van der Waals surface area contributed by atoms with E-state index in [4.69, 9.17) is 9.47 Å². The molecule has 7 nitrogen and oxygen atoms in total. The molecule has 7 heteroatoms. The molecule has 4 rings (SSSR count). The van der Waals surface area contributed by atoms with Crippen LogP contribution in [0.15, 0.2) is 54.1 Å². The highest BCUT2D eigenvalue weighted by molar-refractivity contribution is 6.46. The van der Waals surface area contributed by atoms with Crippen molar-refractivity contribution >= 4 is 17.4 Å². The van der Waals surface area contributed by atoms with Gasteiger partial charge in [-0.15, -0.1) is 0 Å². The van der Waals surface area contributed by atoms with E-state index in [1.807, 2.05) is 43.3 Å². The van der Waals surface area contributed by atoms with Crippen molar-refractivity contribution in [3.8, 4) is 5.75 Å². The van der Waals surface area contributed by atoms with Gasteiger partial charge in [0.05, 0.1) is 31.4 Å². The number of carbonyl (C=O) groups is 2. The number of unbranched alkanes of at least 4 members (excludes halogenated alkanes) is 1. The number of aliphatic hydroxyl groups is 1. The smallest absolute Gasteiger partial charge is 0.295 e. The monoisotopic (exact) mass is 492 g/mol. The molecule has 1 atom stereocenters. The summed E-state index contributed by atoms with van der Waals surface area (Å²) >= 11 is 0. The van der Waals surface area contributed by atoms with Gasteiger partial charge < -0.3 is 19.5 Å². The fourth-order valence-electron chi connectivity index (χ4n) is 4.72. The van der Waals surface area contributed by atoms with E-state index in [0.29, 0.717) is 37.7 Å². The molecular formula is C29H36N2O5. The van der Waals surface area contributed by atoms with E-state index < -0.39 is 17.7 Å². The van der Waals surface area contributed by atoms with Crippen LogP contribution in [-0.2, 0) is 14.3 Å². The van der Waals surface area contributed by atoms with E-state index in [2.05, 4.69) is 11.8 Å². The van der Waals surface area contributed by atoms with Gasteiger partial charge in [0.1, 0.15) is 11.5 Å². The Labute approximate surface area is 213 Å². The van der Waals surface area contributed by atoms with Crippen LogP contribution < -0.4 is 4.74 Å². The van der Waals surface area contributed by atoms with E-state index in [1.54, 1.807) is 17.0 Å². The first-order chi connectivity index (χ1) is 17.5. The minimum atomic E-state index is -0.675. The molecule has 2 aromatic rings. The number of morpholine rings is 1. The first-order valence-electron chi connectivity index (χ1n) is 12.9. The molecule has 2 saturated heterocycles. The normalized spacial score (nSPS) is 20.2. The van der Waals surface area contributed by atoms with Crippen molar-refractivity contribution in [3.63, 3.8) is 0 Å². The third-order valence-electron chi connectivity index (χ3n) is 6.78. The third kappa shape index (κ3) is 5.97. The van der Waals surface area contributed by atoms with Crippen LogP contribution in [0.5, 0.6) is 5.75 Å². The summed E-state index contributed by atoms with van der Waals surface area (Å²) in [6.07, 6.45) is 2.69. The zero-order valence-electron chi connectivity index (χ0n) is 21.2. The lowest BCUT2D eigenvalue weighted by atomic mass is 9.95. The van der Waals surface area contributed by atoms with Crippen LogP contribution in [0, 0.1) is 6.92 Å². The topological polar surface area (TPSA) is 79.3 Å². The van der Waals surface area contributed by atoms with Crippen molar-refractivity contribution in [1.82, 2.24) is 9.80 Å². The second-order valence-corrected chi connectivity index (χ2v) is 9.44. The van der Waals surface area contributed by atoms with Gasteiger partial charge >= 0.3 is 0 Å². The number of aliphatic hydroxyl groups excluding tert-OH is 1. The van der Waals surface area contributed by atoms with Crippen LogP contribution in [0.25, 0.3) is 5.76 Å². The number of ether oxygens (including phenoxy) is 2. The number of carbonyl (C=O) groups excluding carboxylic acids is 2. The maximum Gasteiger partial charge on any atom is 0.295 e. The van der Waals surface area contributed by atoms with Gasteiger partial charge in [-0.2, -0.15) is 0 Å². The Balaban J connectivity index is 1.66. The summed E-state index contributed by atoms with van der Waals surface area (Å²) in [5, 5.41) is 11.2. The third-order valence-corrected chi connectivity index (χ3v) is 6.78. The molecule has 2 heterocycles. The summed E-state index contributed by atoms with van der Waals surface area (Å²) in [5.41, 5.74) is 2.44. The average molecular weight is 493 g/mol. The number of rotatable bonds is 10. The maximum absolute atomic E-state index is 13.3. The molecule has 2 aliphatic rings. The number of hydrogen-bond acceptors (Lipinski definition) is 6. The van der Waals surface area contributed by atoms with E-state index in [9.17, 15) is 14.7 Å². The lowest BCUT2D eigenvalue weighted by Crippen LogP contribution is -2.38. The standard InChI is InChI=1S/C29H36N2O5/c1-3-4-17-36-24-8-5-7-23(20-24)26-25(27(32)22-11-9-21(2)10-12-22)28(33)29(34)31(26)14-6-13-30-15-18-35-19-16-30/h5,7-12,20,26,32H,3-4,6,13-19H2,1-2H3.